The molecule has 26 heavy (non-hydrogen) atoms. The normalized spacial score (nSPS) is 26.5. The van der Waals surface area contributed by atoms with E-state index in [0.717, 1.165) is 52.2 Å². The Morgan fingerprint density at radius 3 is 2.69 bits per heavy atom. The lowest BCUT2D eigenvalue weighted by Gasteiger charge is -2.26. The first-order valence-electron chi connectivity index (χ1n) is 10.4. The highest BCUT2D eigenvalue weighted by atomic mass is 16.3. The molecule has 2 saturated heterocycles. The van der Waals surface area contributed by atoms with Gasteiger partial charge in [-0.05, 0) is 51.7 Å². The largest absolute Gasteiger partial charge is 0.396 e. The summed E-state index contributed by atoms with van der Waals surface area (Å²) in [5, 5.41) is 14.5. The second kappa shape index (κ2) is 9.31. The van der Waals surface area contributed by atoms with Gasteiger partial charge in [0.2, 0.25) is 0 Å². The van der Waals surface area contributed by atoms with Crippen LogP contribution < -0.4 is 0 Å². The lowest BCUT2D eigenvalue weighted by molar-refractivity contribution is 0.165. The summed E-state index contributed by atoms with van der Waals surface area (Å²) in [6.45, 7) is 14.6. The fraction of sp³-hybridized carbons (Fsp3) is 0.850. The van der Waals surface area contributed by atoms with E-state index in [9.17, 15) is 5.11 Å². The zero-order valence-electron chi connectivity index (χ0n) is 16.9. The first kappa shape index (κ1) is 19.8. The van der Waals surface area contributed by atoms with Crippen molar-refractivity contribution in [3.05, 3.63) is 17.5 Å². The summed E-state index contributed by atoms with van der Waals surface area (Å²) in [5.41, 5.74) is 2.64. The molecule has 2 atom stereocenters. The number of nitrogens with zero attached hydrogens (tertiary/aromatic N) is 5. The van der Waals surface area contributed by atoms with Crippen LogP contribution in [0, 0.1) is 18.8 Å². The highest BCUT2D eigenvalue weighted by molar-refractivity contribution is 5.16. The summed E-state index contributed by atoms with van der Waals surface area (Å²) >= 11 is 0. The SMILES string of the molecule is CCCn1ncc(CN2C[C@@H](CN3CCCN(C)CC3)[C@@H](CO)C2)c1C. The molecule has 6 nitrogen and oxygen atoms in total. The van der Waals surface area contributed by atoms with Gasteiger partial charge in [-0.15, -0.1) is 0 Å². The Labute approximate surface area is 158 Å². The van der Waals surface area contributed by atoms with Crippen molar-refractivity contribution in [3.8, 4) is 0 Å². The Kier molecular flexibility index (Phi) is 7.09. The number of aliphatic hydroxyl groups excluding tert-OH is 1. The molecule has 3 rings (SSSR count). The molecule has 0 radical (unpaired) electrons. The summed E-state index contributed by atoms with van der Waals surface area (Å²) in [6, 6.07) is 0. The predicted octanol–water partition coefficient (Wildman–Crippen LogP) is 1.28. The van der Waals surface area contributed by atoms with E-state index in [0.29, 0.717) is 18.4 Å². The van der Waals surface area contributed by atoms with Crippen LogP contribution >= 0.6 is 0 Å². The summed E-state index contributed by atoms with van der Waals surface area (Å²) < 4.78 is 2.13. The van der Waals surface area contributed by atoms with Crippen molar-refractivity contribution in [2.45, 2.75) is 39.8 Å². The van der Waals surface area contributed by atoms with Crippen LogP contribution in [0.25, 0.3) is 0 Å². The smallest absolute Gasteiger partial charge is 0.0537 e. The minimum Gasteiger partial charge on any atom is -0.396 e. The molecule has 0 unspecified atom stereocenters. The van der Waals surface area contributed by atoms with Crippen molar-refractivity contribution in [3.63, 3.8) is 0 Å². The Balaban J connectivity index is 1.56. The van der Waals surface area contributed by atoms with Crippen LogP contribution in [0.5, 0.6) is 0 Å². The zero-order valence-corrected chi connectivity index (χ0v) is 16.9. The maximum Gasteiger partial charge on any atom is 0.0537 e. The van der Waals surface area contributed by atoms with Crippen LogP contribution in [0.2, 0.25) is 0 Å². The second-order valence-corrected chi connectivity index (χ2v) is 8.33. The fourth-order valence-corrected chi connectivity index (χ4v) is 4.51. The molecular weight excluding hydrogens is 326 g/mol. The lowest BCUT2D eigenvalue weighted by Crippen LogP contribution is -2.36. The van der Waals surface area contributed by atoms with Crippen LogP contribution in [0.3, 0.4) is 0 Å². The van der Waals surface area contributed by atoms with E-state index in [4.69, 9.17) is 0 Å². The van der Waals surface area contributed by atoms with Gasteiger partial charge in [0.1, 0.15) is 0 Å². The van der Waals surface area contributed by atoms with E-state index < -0.39 is 0 Å². The summed E-state index contributed by atoms with van der Waals surface area (Å²) in [5.74, 6) is 0.983. The van der Waals surface area contributed by atoms with E-state index in [1.165, 1.54) is 30.8 Å². The predicted molar refractivity (Wildman–Crippen MR) is 105 cm³/mol. The van der Waals surface area contributed by atoms with Gasteiger partial charge in [0.15, 0.2) is 0 Å². The fourth-order valence-electron chi connectivity index (χ4n) is 4.51. The van der Waals surface area contributed by atoms with Crippen molar-refractivity contribution < 1.29 is 5.11 Å². The monoisotopic (exact) mass is 363 g/mol. The number of aliphatic hydroxyl groups is 1. The molecule has 0 bridgehead atoms. The first-order chi connectivity index (χ1) is 12.6. The van der Waals surface area contributed by atoms with E-state index in [1.807, 2.05) is 6.20 Å². The third-order valence-corrected chi connectivity index (χ3v) is 6.23. The van der Waals surface area contributed by atoms with E-state index in [1.54, 1.807) is 0 Å². The van der Waals surface area contributed by atoms with Crippen molar-refractivity contribution in [2.75, 3.05) is 59.5 Å². The zero-order chi connectivity index (χ0) is 18.5. The van der Waals surface area contributed by atoms with Crippen LogP contribution in [-0.2, 0) is 13.1 Å². The molecule has 0 spiro atoms. The number of aromatic nitrogens is 2. The van der Waals surface area contributed by atoms with E-state index in [2.05, 4.69) is 45.4 Å². The number of likely N-dealkylation sites (tertiary alicyclic amines) is 1. The molecule has 2 fully saturated rings. The molecule has 0 aliphatic carbocycles. The van der Waals surface area contributed by atoms with Gasteiger partial charge in [-0.25, -0.2) is 0 Å². The molecule has 1 aromatic rings. The highest BCUT2D eigenvalue weighted by Crippen LogP contribution is 2.26. The Hall–Kier alpha value is -0.950. The van der Waals surface area contributed by atoms with E-state index in [-0.39, 0.29) is 0 Å². The minimum absolute atomic E-state index is 0.309. The quantitative estimate of drug-likeness (QED) is 0.791. The molecule has 1 aromatic heterocycles. The van der Waals surface area contributed by atoms with Gasteiger partial charge in [0.05, 0.1) is 6.20 Å². The molecule has 0 amide bonds. The Morgan fingerprint density at radius 1 is 1.12 bits per heavy atom. The molecule has 3 heterocycles. The van der Waals surface area contributed by atoms with Gasteiger partial charge in [-0.3, -0.25) is 9.58 Å². The van der Waals surface area contributed by atoms with Crippen LogP contribution in [-0.4, -0.2) is 89.1 Å². The van der Waals surface area contributed by atoms with Crippen molar-refractivity contribution in [1.82, 2.24) is 24.5 Å². The molecule has 0 saturated carbocycles. The maximum atomic E-state index is 9.91. The molecule has 148 valence electrons. The van der Waals surface area contributed by atoms with Crippen molar-refractivity contribution in [2.24, 2.45) is 11.8 Å². The number of likely N-dealkylation sites (N-methyl/N-ethyl adjacent to an activating group) is 1. The van der Waals surface area contributed by atoms with Gasteiger partial charge in [-0.2, -0.15) is 5.10 Å². The number of hydrogen-bond donors (Lipinski definition) is 1. The van der Waals surface area contributed by atoms with Crippen LogP contribution in [0.15, 0.2) is 6.20 Å². The molecular formula is C20H37N5O. The standard InChI is InChI=1S/C20H37N5O/c1-4-6-25-17(2)18(11-21-25)12-24-14-19(20(15-24)16-26)13-23-8-5-7-22(3)9-10-23/h11,19-20,26H,4-10,12-16H2,1-3H3/t19-,20-/m1/s1. The van der Waals surface area contributed by atoms with Gasteiger partial charge < -0.3 is 14.9 Å². The lowest BCUT2D eigenvalue weighted by atomic mass is 9.96. The molecule has 0 aromatic carbocycles. The van der Waals surface area contributed by atoms with Gasteiger partial charge in [0, 0.05) is 63.7 Å². The van der Waals surface area contributed by atoms with Gasteiger partial charge in [-0.1, -0.05) is 6.92 Å². The number of hydrogen-bond acceptors (Lipinski definition) is 5. The van der Waals surface area contributed by atoms with Crippen LogP contribution in [0.1, 0.15) is 31.0 Å². The Morgan fingerprint density at radius 2 is 1.92 bits per heavy atom. The van der Waals surface area contributed by atoms with Gasteiger partial charge >= 0.3 is 0 Å². The van der Waals surface area contributed by atoms with E-state index >= 15 is 0 Å². The Bertz CT molecular complexity index is 560. The molecule has 6 heteroatoms. The average Bonchev–Trinajstić information content (AvgIpc) is 3.09. The molecule has 1 N–H and O–H groups in total. The van der Waals surface area contributed by atoms with Crippen molar-refractivity contribution >= 4 is 0 Å². The highest BCUT2D eigenvalue weighted by Gasteiger charge is 2.34. The van der Waals surface area contributed by atoms with Gasteiger partial charge in [0.25, 0.3) is 0 Å². The average molecular weight is 364 g/mol. The third kappa shape index (κ3) is 4.85. The summed E-state index contributed by atoms with van der Waals surface area (Å²) in [6.07, 6.45) is 4.41. The molecule has 2 aliphatic heterocycles. The first-order valence-corrected chi connectivity index (χ1v) is 10.4. The maximum absolute atomic E-state index is 9.91. The number of rotatable bonds is 7. The third-order valence-electron chi connectivity index (χ3n) is 6.23. The van der Waals surface area contributed by atoms with Crippen molar-refractivity contribution in [1.29, 1.82) is 0 Å². The number of aryl methyl sites for hydroxylation is 1. The topological polar surface area (TPSA) is 47.8 Å². The second-order valence-electron chi connectivity index (χ2n) is 8.33. The minimum atomic E-state index is 0.309. The summed E-state index contributed by atoms with van der Waals surface area (Å²) in [7, 11) is 2.22. The van der Waals surface area contributed by atoms with Crippen LogP contribution in [0.4, 0.5) is 0 Å². The summed E-state index contributed by atoms with van der Waals surface area (Å²) in [4.78, 5) is 7.57. The molecule has 2 aliphatic rings.